The van der Waals surface area contributed by atoms with Gasteiger partial charge >= 0.3 is 0 Å². The molecule has 0 bridgehead atoms. The number of hydrogen-bond acceptors (Lipinski definition) is 5. The van der Waals surface area contributed by atoms with Gasteiger partial charge in [-0.3, -0.25) is 9.89 Å². The molecule has 1 aromatic carbocycles. The molecule has 0 saturated carbocycles. The van der Waals surface area contributed by atoms with Gasteiger partial charge in [0.05, 0.1) is 27.4 Å². The molecule has 1 aromatic rings. The highest BCUT2D eigenvalue weighted by molar-refractivity contribution is 5.79. The molecule has 0 spiro atoms. The van der Waals surface area contributed by atoms with E-state index in [9.17, 15) is 0 Å². The third kappa shape index (κ3) is 7.74. The number of nitrogens with one attached hydrogen (secondary N) is 2. The van der Waals surface area contributed by atoms with E-state index in [-0.39, 0.29) is 0 Å². The summed E-state index contributed by atoms with van der Waals surface area (Å²) < 4.78 is 16.2. The van der Waals surface area contributed by atoms with E-state index in [1.54, 1.807) is 14.2 Å². The Morgan fingerprint density at radius 1 is 1.14 bits per heavy atom. The van der Waals surface area contributed by atoms with E-state index in [2.05, 4.69) is 40.4 Å². The van der Waals surface area contributed by atoms with Crippen LogP contribution >= 0.6 is 0 Å². The molecule has 0 radical (unpaired) electrons. The van der Waals surface area contributed by atoms with Crippen LogP contribution in [-0.4, -0.2) is 77.6 Å². The Morgan fingerprint density at radius 3 is 2.48 bits per heavy atom. The summed E-state index contributed by atoms with van der Waals surface area (Å²) in [5.74, 6) is 3.01. The summed E-state index contributed by atoms with van der Waals surface area (Å²) in [6.45, 7) is 9.90. The highest BCUT2D eigenvalue weighted by Crippen LogP contribution is 2.27. The lowest BCUT2D eigenvalue weighted by molar-refractivity contribution is 0.0132. The van der Waals surface area contributed by atoms with Gasteiger partial charge in [0, 0.05) is 39.3 Å². The fraction of sp³-hybridized carbons (Fsp3) is 0.682. The minimum absolute atomic E-state index is 0.489. The van der Waals surface area contributed by atoms with E-state index in [1.807, 2.05) is 19.2 Å². The number of nitrogens with zero attached hydrogens (tertiary/aromatic N) is 2. The molecule has 1 saturated heterocycles. The van der Waals surface area contributed by atoms with Gasteiger partial charge in [0.2, 0.25) is 0 Å². The SMILES string of the molecule is CN=C(NCCc1ccc(OC)c(OC)c1)NCC(CC(C)C)N1CCOCC1. The predicted octanol–water partition coefficient (Wildman–Crippen LogP) is 2.16. The van der Waals surface area contributed by atoms with Crippen molar-refractivity contribution in [3.8, 4) is 11.5 Å². The van der Waals surface area contributed by atoms with Crippen molar-refractivity contribution in [2.45, 2.75) is 32.7 Å². The van der Waals surface area contributed by atoms with E-state index < -0.39 is 0 Å². The van der Waals surface area contributed by atoms with Gasteiger partial charge in [0.1, 0.15) is 0 Å². The molecule has 1 aliphatic heterocycles. The summed E-state index contributed by atoms with van der Waals surface area (Å²) in [6.07, 6.45) is 2.04. The third-order valence-corrected chi connectivity index (χ3v) is 5.19. The molecule has 1 atom stereocenters. The van der Waals surface area contributed by atoms with Crippen LogP contribution in [0.5, 0.6) is 11.5 Å². The van der Waals surface area contributed by atoms with Crippen molar-refractivity contribution in [3.63, 3.8) is 0 Å². The van der Waals surface area contributed by atoms with Crippen LogP contribution < -0.4 is 20.1 Å². The highest BCUT2D eigenvalue weighted by Gasteiger charge is 2.22. The molecule has 7 nitrogen and oxygen atoms in total. The lowest BCUT2D eigenvalue weighted by atomic mass is 10.0. The fourth-order valence-electron chi connectivity index (χ4n) is 3.64. The first kappa shape index (κ1) is 23.3. The molecule has 29 heavy (non-hydrogen) atoms. The molecule has 0 aliphatic carbocycles. The monoisotopic (exact) mass is 406 g/mol. The predicted molar refractivity (Wildman–Crippen MR) is 118 cm³/mol. The van der Waals surface area contributed by atoms with Crippen molar-refractivity contribution in [1.29, 1.82) is 0 Å². The molecule has 1 unspecified atom stereocenters. The molecule has 2 N–H and O–H groups in total. The molecular formula is C22H38N4O3. The first-order valence-corrected chi connectivity index (χ1v) is 10.5. The van der Waals surface area contributed by atoms with E-state index >= 15 is 0 Å². The first-order valence-electron chi connectivity index (χ1n) is 10.5. The van der Waals surface area contributed by atoms with Crippen molar-refractivity contribution >= 4 is 5.96 Å². The van der Waals surface area contributed by atoms with E-state index in [0.29, 0.717) is 12.0 Å². The average molecular weight is 407 g/mol. The highest BCUT2D eigenvalue weighted by atomic mass is 16.5. The fourth-order valence-corrected chi connectivity index (χ4v) is 3.64. The smallest absolute Gasteiger partial charge is 0.191 e. The van der Waals surface area contributed by atoms with Crippen molar-refractivity contribution in [1.82, 2.24) is 15.5 Å². The number of rotatable bonds is 10. The maximum Gasteiger partial charge on any atom is 0.191 e. The van der Waals surface area contributed by atoms with Crippen LogP contribution in [0.2, 0.25) is 0 Å². The van der Waals surface area contributed by atoms with E-state index in [4.69, 9.17) is 14.2 Å². The third-order valence-electron chi connectivity index (χ3n) is 5.19. The van der Waals surface area contributed by atoms with Crippen LogP contribution in [0.1, 0.15) is 25.8 Å². The van der Waals surface area contributed by atoms with Crippen molar-refractivity contribution in [2.24, 2.45) is 10.9 Å². The number of methoxy groups -OCH3 is 2. The van der Waals surface area contributed by atoms with Gasteiger partial charge in [-0.25, -0.2) is 0 Å². The number of ether oxygens (including phenoxy) is 3. The van der Waals surface area contributed by atoms with Crippen LogP contribution in [0, 0.1) is 5.92 Å². The second-order valence-corrected chi connectivity index (χ2v) is 7.75. The largest absolute Gasteiger partial charge is 0.493 e. The number of benzene rings is 1. The zero-order valence-electron chi connectivity index (χ0n) is 18.7. The maximum atomic E-state index is 5.51. The summed E-state index contributed by atoms with van der Waals surface area (Å²) in [5.41, 5.74) is 1.19. The van der Waals surface area contributed by atoms with Gasteiger partial charge in [-0.15, -0.1) is 0 Å². The number of aliphatic imine (C=N–C) groups is 1. The second kappa shape index (κ2) is 12.5. The van der Waals surface area contributed by atoms with Gasteiger partial charge < -0.3 is 24.8 Å². The maximum absolute atomic E-state index is 5.51. The Hall–Kier alpha value is -1.99. The Balaban J connectivity index is 1.83. The molecule has 164 valence electrons. The van der Waals surface area contributed by atoms with Crippen LogP contribution in [0.25, 0.3) is 0 Å². The van der Waals surface area contributed by atoms with Gasteiger partial charge in [-0.1, -0.05) is 19.9 Å². The van der Waals surface area contributed by atoms with Gasteiger partial charge in [-0.2, -0.15) is 0 Å². The molecule has 7 heteroatoms. The second-order valence-electron chi connectivity index (χ2n) is 7.75. The van der Waals surface area contributed by atoms with Crippen molar-refractivity contribution < 1.29 is 14.2 Å². The summed E-state index contributed by atoms with van der Waals surface area (Å²) in [7, 11) is 5.13. The molecule has 0 aromatic heterocycles. The Labute approximate surface area is 175 Å². The lowest BCUT2D eigenvalue weighted by Gasteiger charge is -2.35. The molecule has 1 heterocycles. The van der Waals surface area contributed by atoms with Crippen LogP contribution in [0.3, 0.4) is 0 Å². The summed E-state index contributed by atoms with van der Waals surface area (Å²) >= 11 is 0. The molecule has 1 fully saturated rings. The van der Waals surface area contributed by atoms with Crippen LogP contribution in [0.4, 0.5) is 0 Å². The van der Waals surface area contributed by atoms with Gasteiger partial charge in [0.15, 0.2) is 17.5 Å². The number of morpholine rings is 1. The van der Waals surface area contributed by atoms with Gasteiger partial charge in [0.25, 0.3) is 0 Å². The van der Waals surface area contributed by atoms with E-state index in [1.165, 1.54) is 5.56 Å². The van der Waals surface area contributed by atoms with Crippen molar-refractivity contribution in [3.05, 3.63) is 23.8 Å². The van der Waals surface area contributed by atoms with Crippen molar-refractivity contribution in [2.75, 3.05) is 60.7 Å². The Morgan fingerprint density at radius 2 is 1.86 bits per heavy atom. The van der Waals surface area contributed by atoms with Gasteiger partial charge in [-0.05, 0) is 36.5 Å². The quantitative estimate of drug-likeness (QED) is 0.459. The lowest BCUT2D eigenvalue weighted by Crippen LogP contribution is -2.51. The number of guanidine groups is 1. The standard InChI is InChI=1S/C22H38N4O3/c1-17(2)14-19(26-10-12-29-13-11-26)16-25-22(23-3)24-9-8-18-6-7-20(27-4)21(15-18)28-5/h6-7,15,17,19H,8-14,16H2,1-5H3,(H2,23,24,25). The summed E-state index contributed by atoms with van der Waals surface area (Å²) in [4.78, 5) is 6.92. The van der Waals surface area contributed by atoms with E-state index in [0.717, 1.165) is 69.7 Å². The normalized spacial score (nSPS) is 16.6. The molecular weight excluding hydrogens is 368 g/mol. The minimum atomic E-state index is 0.489. The minimum Gasteiger partial charge on any atom is -0.493 e. The van der Waals surface area contributed by atoms with Crippen LogP contribution in [-0.2, 0) is 11.2 Å². The zero-order valence-corrected chi connectivity index (χ0v) is 18.7. The topological polar surface area (TPSA) is 67.4 Å². The first-order chi connectivity index (χ1) is 14.1. The Kier molecular flexibility index (Phi) is 10.1. The number of hydrogen-bond donors (Lipinski definition) is 2. The van der Waals surface area contributed by atoms with Crippen LogP contribution in [0.15, 0.2) is 23.2 Å². The average Bonchev–Trinajstić information content (AvgIpc) is 2.75. The summed E-state index contributed by atoms with van der Waals surface area (Å²) in [5, 5.41) is 6.93. The zero-order chi connectivity index (χ0) is 21.1. The molecule has 2 rings (SSSR count). The Bertz CT molecular complexity index is 630. The molecule has 1 aliphatic rings. The molecule has 0 amide bonds. The summed E-state index contributed by atoms with van der Waals surface area (Å²) in [6, 6.07) is 6.52.